The second-order valence-electron chi connectivity index (χ2n) is 6.76. The zero-order valence-electron chi connectivity index (χ0n) is 16.7. The van der Waals surface area contributed by atoms with E-state index < -0.39 is 12.1 Å². The fourth-order valence-electron chi connectivity index (χ4n) is 3.12. The Morgan fingerprint density at radius 3 is 2.48 bits per heavy atom. The average molecular weight is 398 g/mol. The molecule has 1 aliphatic heterocycles. The first-order valence-corrected chi connectivity index (χ1v) is 9.62. The molecule has 1 heterocycles. The van der Waals surface area contributed by atoms with Gasteiger partial charge >= 0.3 is 5.97 Å². The van der Waals surface area contributed by atoms with E-state index >= 15 is 0 Å². The molecule has 0 unspecified atom stereocenters. The van der Waals surface area contributed by atoms with Gasteiger partial charge in [-0.25, -0.2) is 0 Å². The number of carbonyl (C=O) groups is 2. The molecule has 154 valence electrons. The molecule has 29 heavy (non-hydrogen) atoms. The van der Waals surface area contributed by atoms with Crippen molar-refractivity contribution in [2.75, 3.05) is 43.6 Å². The van der Waals surface area contributed by atoms with Crippen molar-refractivity contribution in [3.8, 4) is 5.75 Å². The Kier molecular flexibility index (Phi) is 7.08. The number of nitrogens with one attached hydrogen (secondary N) is 1. The Labute approximate surface area is 170 Å². The van der Waals surface area contributed by atoms with E-state index in [9.17, 15) is 9.59 Å². The van der Waals surface area contributed by atoms with Crippen molar-refractivity contribution >= 4 is 23.3 Å². The van der Waals surface area contributed by atoms with Gasteiger partial charge in [0.15, 0.2) is 6.10 Å². The Hall–Kier alpha value is -3.06. The summed E-state index contributed by atoms with van der Waals surface area (Å²) in [5.74, 6) is -0.251. The van der Waals surface area contributed by atoms with Crippen molar-refractivity contribution in [1.29, 1.82) is 0 Å². The highest BCUT2D eigenvalue weighted by Gasteiger charge is 2.19. The lowest BCUT2D eigenvalue weighted by Crippen LogP contribution is -2.36. The number of benzene rings is 2. The standard InChI is InChI=1S/C22H26N2O5/c1-16(29-21(25)15-17-5-3-4-6-20(17)27-2)22(26)23-18-7-9-19(10-8-18)24-11-13-28-14-12-24/h3-10,16H,11-15H2,1-2H3,(H,23,26)/t16-/m1/s1. The van der Waals surface area contributed by atoms with E-state index in [2.05, 4.69) is 10.2 Å². The number of methoxy groups -OCH3 is 1. The number of rotatable bonds is 7. The average Bonchev–Trinajstić information content (AvgIpc) is 2.75. The van der Waals surface area contributed by atoms with Crippen molar-refractivity contribution in [2.45, 2.75) is 19.4 Å². The number of para-hydroxylation sites is 1. The molecule has 3 rings (SSSR count). The number of hydrogen-bond donors (Lipinski definition) is 1. The SMILES string of the molecule is COc1ccccc1CC(=O)O[C@H](C)C(=O)Nc1ccc(N2CCOCC2)cc1. The molecule has 2 aromatic carbocycles. The van der Waals surface area contributed by atoms with Crippen LogP contribution in [0.4, 0.5) is 11.4 Å². The number of anilines is 2. The third-order valence-corrected chi connectivity index (χ3v) is 4.72. The van der Waals surface area contributed by atoms with Crippen molar-refractivity contribution in [3.05, 3.63) is 54.1 Å². The summed E-state index contributed by atoms with van der Waals surface area (Å²) in [5.41, 5.74) is 2.45. The number of ether oxygens (including phenoxy) is 3. The summed E-state index contributed by atoms with van der Waals surface area (Å²) >= 11 is 0. The fraction of sp³-hybridized carbons (Fsp3) is 0.364. The molecule has 0 radical (unpaired) electrons. The van der Waals surface area contributed by atoms with Crippen LogP contribution in [-0.4, -0.2) is 51.4 Å². The van der Waals surface area contributed by atoms with E-state index in [1.54, 1.807) is 26.2 Å². The lowest BCUT2D eigenvalue weighted by atomic mass is 10.1. The van der Waals surface area contributed by atoms with Crippen LogP contribution in [0.3, 0.4) is 0 Å². The fourth-order valence-corrected chi connectivity index (χ4v) is 3.12. The van der Waals surface area contributed by atoms with Crippen LogP contribution in [0.1, 0.15) is 12.5 Å². The van der Waals surface area contributed by atoms with Gasteiger partial charge < -0.3 is 24.4 Å². The summed E-state index contributed by atoms with van der Waals surface area (Å²) in [5, 5.41) is 2.78. The zero-order valence-corrected chi connectivity index (χ0v) is 16.7. The highest BCUT2D eigenvalue weighted by atomic mass is 16.5. The van der Waals surface area contributed by atoms with E-state index in [-0.39, 0.29) is 12.3 Å². The van der Waals surface area contributed by atoms with Gasteiger partial charge in [0, 0.05) is 30.0 Å². The van der Waals surface area contributed by atoms with E-state index in [1.807, 2.05) is 36.4 Å². The molecule has 0 bridgehead atoms. The monoisotopic (exact) mass is 398 g/mol. The molecule has 0 spiro atoms. The van der Waals surface area contributed by atoms with Gasteiger partial charge in [-0.2, -0.15) is 0 Å². The predicted molar refractivity (Wildman–Crippen MR) is 110 cm³/mol. The van der Waals surface area contributed by atoms with Crippen LogP contribution in [0.25, 0.3) is 0 Å². The van der Waals surface area contributed by atoms with E-state index in [1.165, 1.54) is 0 Å². The third kappa shape index (κ3) is 5.71. The van der Waals surface area contributed by atoms with E-state index in [4.69, 9.17) is 14.2 Å². The topological polar surface area (TPSA) is 77.1 Å². The Bertz CT molecular complexity index is 831. The lowest BCUT2D eigenvalue weighted by molar-refractivity contribution is -0.152. The van der Waals surface area contributed by atoms with Gasteiger partial charge in [0.05, 0.1) is 26.7 Å². The molecule has 1 N–H and O–H groups in total. The van der Waals surface area contributed by atoms with Crippen molar-refractivity contribution < 1.29 is 23.8 Å². The summed E-state index contributed by atoms with van der Waals surface area (Å²) in [6.07, 6.45) is -0.869. The number of nitrogens with zero attached hydrogens (tertiary/aromatic N) is 1. The summed E-state index contributed by atoms with van der Waals surface area (Å²) in [6.45, 7) is 4.69. The second-order valence-corrected chi connectivity index (χ2v) is 6.76. The van der Waals surface area contributed by atoms with Crippen LogP contribution in [0.2, 0.25) is 0 Å². The highest BCUT2D eigenvalue weighted by molar-refractivity contribution is 5.95. The maximum atomic E-state index is 12.4. The summed E-state index contributed by atoms with van der Waals surface area (Å²) in [4.78, 5) is 26.8. The number of morpholine rings is 1. The van der Waals surface area contributed by atoms with Gasteiger partial charge in [-0.3, -0.25) is 9.59 Å². The van der Waals surface area contributed by atoms with Crippen LogP contribution < -0.4 is 15.0 Å². The first kappa shape index (κ1) is 20.7. The Balaban J connectivity index is 1.51. The highest BCUT2D eigenvalue weighted by Crippen LogP contribution is 2.20. The second kappa shape index (κ2) is 9.93. The molecule has 0 saturated carbocycles. The maximum Gasteiger partial charge on any atom is 0.311 e. The number of amides is 1. The molecule has 7 nitrogen and oxygen atoms in total. The Morgan fingerprint density at radius 2 is 1.79 bits per heavy atom. The lowest BCUT2D eigenvalue weighted by Gasteiger charge is -2.28. The number of carbonyl (C=O) groups excluding carboxylic acids is 2. The summed E-state index contributed by atoms with van der Waals surface area (Å²) in [6, 6.07) is 14.8. The van der Waals surface area contributed by atoms with Gasteiger partial charge in [-0.15, -0.1) is 0 Å². The Morgan fingerprint density at radius 1 is 1.10 bits per heavy atom. The molecule has 7 heteroatoms. The van der Waals surface area contributed by atoms with Gasteiger partial charge in [0.2, 0.25) is 0 Å². The smallest absolute Gasteiger partial charge is 0.311 e. The summed E-state index contributed by atoms with van der Waals surface area (Å²) in [7, 11) is 1.55. The molecule has 2 aromatic rings. The quantitative estimate of drug-likeness (QED) is 0.723. The molecule has 0 aliphatic carbocycles. The van der Waals surface area contributed by atoms with Gasteiger partial charge in [0.25, 0.3) is 5.91 Å². The number of esters is 1. The molecule has 0 aromatic heterocycles. The molecular formula is C22H26N2O5. The largest absolute Gasteiger partial charge is 0.496 e. The maximum absolute atomic E-state index is 12.4. The minimum Gasteiger partial charge on any atom is -0.496 e. The van der Waals surface area contributed by atoms with Gasteiger partial charge in [0.1, 0.15) is 5.75 Å². The minimum absolute atomic E-state index is 0.0376. The molecule has 1 saturated heterocycles. The van der Waals surface area contributed by atoms with Crippen LogP contribution in [-0.2, 0) is 25.5 Å². The molecule has 1 fully saturated rings. The van der Waals surface area contributed by atoms with Crippen LogP contribution >= 0.6 is 0 Å². The van der Waals surface area contributed by atoms with Crippen LogP contribution in [0.15, 0.2) is 48.5 Å². The first-order valence-electron chi connectivity index (χ1n) is 9.62. The molecule has 1 aliphatic rings. The number of hydrogen-bond acceptors (Lipinski definition) is 6. The van der Waals surface area contributed by atoms with E-state index in [0.717, 1.165) is 32.0 Å². The normalized spacial score (nSPS) is 14.8. The minimum atomic E-state index is -0.906. The van der Waals surface area contributed by atoms with Crippen LogP contribution in [0, 0.1) is 0 Å². The van der Waals surface area contributed by atoms with E-state index in [0.29, 0.717) is 17.0 Å². The van der Waals surface area contributed by atoms with Crippen molar-refractivity contribution in [1.82, 2.24) is 0 Å². The first-order chi connectivity index (χ1) is 14.1. The summed E-state index contributed by atoms with van der Waals surface area (Å²) < 4.78 is 15.9. The van der Waals surface area contributed by atoms with Gasteiger partial charge in [-0.05, 0) is 37.3 Å². The molecule has 1 amide bonds. The third-order valence-electron chi connectivity index (χ3n) is 4.72. The van der Waals surface area contributed by atoms with Crippen LogP contribution in [0.5, 0.6) is 5.75 Å². The molecular weight excluding hydrogens is 372 g/mol. The zero-order chi connectivity index (χ0) is 20.6. The predicted octanol–water partition coefficient (Wildman–Crippen LogP) is 2.64. The van der Waals surface area contributed by atoms with Crippen molar-refractivity contribution in [3.63, 3.8) is 0 Å². The van der Waals surface area contributed by atoms with Crippen molar-refractivity contribution in [2.24, 2.45) is 0 Å². The van der Waals surface area contributed by atoms with Gasteiger partial charge in [-0.1, -0.05) is 18.2 Å². The molecule has 1 atom stereocenters.